The quantitative estimate of drug-likeness (QED) is 0.893. The molecule has 18 heavy (non-hydrogen) atoms. The van der Waals surface area contributed by atoms with E-state index < -0.39 is 0 Å². The van der Waals surface area contributed by atoms with Crippen LogP contribution in [0.3, 0.4) is 0 Å². The Morgan fingerprint density at radius 2 is 2.17 bits per heavy atom. The lowest BCUT2D eigenvalue weighted by Crippen LogP contribution is -2.15. The SMILES string of the molecule is CN(C)Cc1nc2cc(CN)ccc2n1C1CC1. The average Bonchev–Trinajstić information content (AvgIpc) is 3.10. The van der Waals surface area contributed by atoms with E-state index in [2.05, 4.69) is 41.8 Å². The normalized spacial score (nSPS) is 15.8. The largest absolute Gasteiger partial charge is 0.326 e. The Labute approximate surface area is 107 Å². The first-order chi connectivity index (χ1) is 8.69. The summed E-state index contributed by atoms with van der Waals surface area (Å²) in [4.78, 5) is 6.96. The minimum absolute atomic E-state index is 0.579. The summed E-state index contributed by atoms with van der Waals surface area (Å²) in [7, 11) is 4.17. The van der Waals surface area contributed by atoms with E-state index >= 15 is 0 Å². The van der Waals surface area contributed by atoms with Crippen molar-refractivity contribution in [3.63, 3.8) is 0 Å². The molecule has 1 saturated carbocycles. The zero-order valence-corrected chi connectivity index (χ0v) is 11.1. The molecule has 1 aromatic heterocycles. The van der Waals surface area contributed by atoms with Crippen LogP contribution in [0, 0.1) is 0 Å². The van der Waals surface area contributed by atoms with Crippen molar-refractivity contribution in [3.8, 4) is 0 Å². The number of rotatable bonds is 4. The Kier molecular flexibility index (Phi) is 2.84. The number of hydrogen-bond donors (Lipinski definition) is 1. The van der Waals surface area contributed by atoms with Gasteiger partial charge in [0.05, 0.1) is 17.6 Å². The van der Waals surface area contributed by atoms with Crippen LogP contribution in [0.2, 0.25) is 0 Å². The summed E-state index contributed by atoms with van der Waals surface area (Å²) in [6, 6.07) is 7.06. The van der Waals surface area contributed by atoms with Crippen molar-refractivity contribution in [3.05, 3.63) is 29.6 Å². The highest BCUT2D eigenvalue weighted by Gasteiger charge is 2.28. The predicted octanol–water partition coefficient (Wildman–Crippen LogP) is 1.89. The number of nitrogens with zero attached hydrogens (tertiary/aromatic N) is 3. The van der Waals surface area contributed by atoms with Gasteiger partial charge < -0.3 is 15.2 Å². The fourth-order valence-corrected chi connectivity index (χ4v) is 2.46. The third-order valence-electron chi connectivity index (χ3n) is 3.43. The lowest BCUT2D eigenvalue weighted by atomic mass is 10.2. The molecule has 0 radical (unpaired) electrons. The summed E-state index contributed by atoms with van der Waals surface area (Å²) in [6.07, 6.45) is 2.56. The minimum Gasteiger partial charge on any atom is -0.326 e. The summed E-state index contributed by atoms with van der Waals surface area (Å²) in [6.45, 7) is 1.47. The van der Waals surface area contributed by atoms with E-state index in [4.69, 9.17) is 10.7 Å². The van der Waals surface area contributed by atoms with Gasteiger partial charge in [-0.2, -0.15) is 0 Å². The van der Waals surface area contributed by atoms with Crippen LogP contribution in [0.5, 0.6) is 0 Å². The van der Waals surface area contributed by atoms with Gasteiger partial charge >= 0.3 is 0 Å². The molecule has 2 N–H and O–H groups in total. The summed E-state index contributed by atoms with van der Waals surface area (Å²) >= 11 is 0. The van der Waals surface area contributed by atoms with Gasteiger partial charge in [0.1, 0.15) is 5.82 Å². The van der Waals surface area contributed by atoms with Gasteiger partial charge in [-0.3, -0.25) is 0 Å². The van der Waals surface area contributed by atoms with Crippen LogP contribution in [0.1, 0.15) is 30.3 Å². The molecule has 1 aromatic carbocycles. The van der Waals surface area contributed by atoms with Gasteiger partial charge in [-0.1, -0.05) is 6.07 Å². The Morgan fingerprint density at radius 1 is 1.39 bits per heavy atom. The molecule has 1 fully saturated rings. The van der Waals surface area contributed by atoms with E-state index in [1.165, 1.54) is 24.2 Å². The van der Waals surface area contributed by atoms with Crippen LogP contribution in [-0.4, -0.2) is 28.5 Å². The zero-order chi connectivity index (χ0) is 12.7. The molecule has 0 unspecified atom stereocenters. The molecule has 0 aliphatic heterocycles. The van der Waals surface area contributed by atoms with Gasteiger partial charge in [0.2, 0.25) is 0 Å². The maximum atomic E-state index is 5.70. The van der Waals surface area contributed by atoms with Crippen LogP contribution in [-0.2, 0) is 13.1 Å². The third kappa shape index (κ3) is 2.02. The molecule has 1 heterocycles. The first kappa shape index (κ1) is 11.7. The molecule has 0 spiro atoms. The second kappa shape index (κ2) is 4.37. The molecule has 0 bridgehead atoms. The van der Waals surface area contributed by atoms with Crippen molar-refractivity contribution >= 4 is 11.0 Å². The van der Waals surface area contributed by atoms with Crippen LogP contribution >= 0.6 is 0 Å². The fourth-order valence-electron chi connectivity index (χ4n) is 2.46. The number of aromatic nitrogens is 2. The summed E-state index contributed by atoms with van der Waals surface area (Å²) < 4.78 is 2.41. The van der Waals surface area contributed by atoms with E-state index in [1.807, 2.05) is 0 Å². The van der Waals surface area contributed by atoms with E-state index in [-0.39, 0.29) is 0 Å². The van der Waals surface area contributed by atoms with Crippen molar-refractivity contribution in [1.82, 2.24) is 14.5 Å². The number of benzene rings is 1. The molecule has 96 valence electrons. The van der Waals surface area contributed by atoms with Gasteiger partial charge in [0, 0.05) is 12.6 Å². The van der Waals surface area contributed by atoms with Crippen LogP contribution < -0.4 is 5.73 Å². The highest BCUT2D eigenvalue weighted by atomic mass is 15.2. The topological polar surface area (TPSA) is 47.1 Å². The van der Waals surface area contributed by atoms with E-state index in [0.717, 1.165) is 17.6 Å². The second-order valence-corrected chi connectivity index (χ2v) is 5.39. The first-order valence-electron chi connectivity index (χ1n) is 6.53. The minimum atomic E-state index is 0.579. The van der Waals surface area contributed by atoms with Crippen molar-refractivity contribution < 1.29 is 0 Å². The molecular formula is C14H20N4. The molecule has 3 rings (SSSR count). The number of hydrogen-bond acceptors (Lipinski definition) is 3. The third-order valence-corrected chi connectivity index (χ3v) is 3.43. The Morgan fingerprint density at radius 3 is 2.78 bits per heavy atom. The van der Waals surface area contributed by atoms with Crippen LogP contribution in [0.4, 0.5) is 0 Å². The lowest BCUT2D eigenvalue weighted by Gasteiger charge is -2.11. The Hall–Kier alpha value is -1.39. The molecule has 0 atom stereocenters. The van der Waals surface area contributed by atoms with Crippen molar-refractivity contribution in [2.24, 2.45) is 5.73 Å². The molecule has 0 amide bonds. The van der Waals surface area contributed by atoms with Gasteiger partial charge in [0.25, 0.3) is 0 Å². The van der Waals surface area contributed by atoms with E-state index in [9.17, 15) is 0 Å². The smallest absolute Gasteiger partial charge is 0.124 e. The molecule has 1 aliphatic rings. The van der Waals surface area contributed by atoms with Gasteiger partial charge in [-0.25, -0.2) is 4.98 Å². The van der Waals surface area contributed by atoms with Gasteiger partial charge in [-0.15, -0.1) is 0 Å². The molecule has 4 heteroatoms. The molecule has 1 aliphatic carbocycles. The highest BCUT2D eigenvalue weighted by molar-refractivity contribution is 5.77. The monoisotopic (exact) mass is 244 g/mol. The molecular weight excluding hydrogens is 224 g/mol. The van der Waals surface area contributed by atoms with Gasteiger partial charge in [0.15, 0.2) is 0 Å². The summed E-state index contributed by atoms with van der Waals surface area (Å²) in [5.41, 5.74) is 9.19. The van der Waals surface area contributed by atoms with Crippen molar-refractivity contribution in [2.75, 3.05) is 14.1 Å². The molecule has 4 nitrogen and oxygen atoms in total. The van der Waals surface area contributed by atoms with Crippen LogP contribution in [0.15, 0.2) is 18.2 Å². The Bertz CT molecular complexity index is 566. The standard InChI is InChI=1S/C14H20N4/c1-17(2)9-14-16-12-7-10(8-15)3-6-13(12)18(14)11-4-5-11/h3,6-7,11H,4-5,8-9,15H2,1-2H3. The van der Waals surface area contributed by atoms with Crippen molar-refractivity contribution in [1.29, 1.82) is 0 Å². The van der Waals surface area contributed by atoms with Gasteiger partial charge in [-0.05, 0) is 44.6 Å². The molecule has 2 aromatic rings. The highest BCUT2D eigenvalue weighted by Crippen LogP contribution is 2.38. The number of imidazole rings is 1. The Balaban J connectivity index is 2.12. The second-order valence-electron chi connectivity index (χ2n) is 5.39. The predicted molar refractivity (Wildman–Crippen MR) is 73.3 cm³/mol. The maximum absolute atomic E-state index is 5.70. The summed E-state index contributed by atoms with van der Waals surface area (Å²) in [5.74, 6) is 1.17. The van der Waals surface area contributed by atoms with E-state index in [1.54, 1.807) is 0 Å². The summed E-state index contributed by atoms with van der Waals surface area (Å²) in [5, 5.41) is 0. The first-order valence-corrected chi connectivity index (χ1v) is 6.53. The lowest BCUT2D eigenvalue weighted by molar-refractivity contribution is 0.382. The van der Waals surface area contributed by atoms with Crippen LogP contribution in [0.25, 0.3) is 11.0 Å². The number of nitrogens with two attached hydrogens (primary N) is 1. The molecule has 0 saturated heterocycles. The van der Waals surface area contributed by atoms with E-state index in [0.29, 0.717) is 12.6 Å². The number of fused-ring (bicyclic) bond motifs is 1. The van der Waals surface area contributed by atoms with Crippen molar-refractivity contribution in [2.45, 2.75) is 32.0 Å². The zero-order valence-electron chi connectivity index (χ0n) is 11.1. The maximum Gasteiger partial charge on any atom is 0.124 e. The fraction of sp³-hybridized carbons (Fsp3) is 0.500. The average molecular weight is 244 g/mol.